The van der Waals surface area contributed by atoms with Gasteiger partial charge in [-0.3, -0.25) is 9.59 Å². The summed E-state index contributed by atoms with van der Waals surface area (Å²) >= 11 is 0. The van der Waals surface area contributed by atoms with Gasteiger partial charge in [-0.1, -0.05) is 32.9 Å². The molecule has 0 aromatic heterocycles. The summed E-state index contributed by atoms with van der Waals surface area (Å²) in [6, 6.07) is 5.44. The largest absolute Gasteiger partial charge is 0.391 e. The van der Waals surface area contributed by atoms with Gasteiger partial charge >= 0.3 is 0 Å². The molecule has 0 bridgehead atoms. The van der Waals surface area contributed by atoms with Crippen molar-refractivity contribution in [3.05, 3.63) is 35.6 Å². The van der Waals surface area contributed by atoms with E-state index >= 15 is 0 Å². The van der Waals surface area contributed by atoms with Crippen molar-refractivity contribution in [3.8, 4) is 0 Å². The average Bonchev–Trinajstić information content (AvgIpc) is 2.43. The maximum atomic E-state index is 13.1. The van der Waals surface area contributed by atoms with Gasteiger partial charge in [0, 0.05) is 24.4 Å². The molecule has 122 valence electrons. The van der Waals surface area contributed by atoms with E-state index in [0.717, 1.165) is 0 Å². The molecule has 0 spiro atoms. The van der Waals surface area contributed by atoms with Crippen LogP contribution in [-0.2, 0) is 4.79 Å². The fourth-order valence-corrected chi connectivity index (χ4v) is 2.23. The van der Waals surface area contributed by atoms with Gasteiger partial charge in [0.25, 0.3) is 0 Å². The maximum Gasteiger partial charge on any atom is 0.220 e. The molecule has 5 heteroatoms. The average molecular weight is 309 g/mol. The zero-order valence-corrected chi connectivity index (χ0v) is 13.3. The number of hydrogen-bond acceptors (Lipinski definition) is 3. The molecule has 22 heavy (non-hydrogen) atoms. The Bertz CT molecular complexity index is 516. The number of Topliss-reactive ketones (excluding diaryl/α,β-unsaturated/α-hetero) is 1. The van der Waals surface area contributed by atoms with Crippen LogP contribution in [0.5, 0.6) is 0 Å². The first-order valence-corrected chi connectivity index (χ1v) is 7.54. The molecule has 2 N–H and O–H groups in total. The maximum absolute atomic E-state index is 13.1. The zero-order chi connectivity index (χ0) is 16.7. The summed E-state index contributed by atoms with van der Waals surface area (Å²) in [4.78, 5) is 23.9. The normalized spacial score (nSPS) is 13.7. The van der Waals surface area contributed by atoms with Gasteiger partial charge in [-0.2, -0.15) is 0 Å². The summed E-state index contributed by atoms with van der Waals surface area (Å²) in [5.41, 5.74) is 0.264. The Hall–Kier alpha value is -1.75. The summed E-state index contributed by atoms with van der Waals surface area (Å²) in [6.45, 7) is 5.80. The minimum Gasteiger partial charge on any atom is -0.391 e. The molecule has 1 aromatic rings. The molecule has 0 aliphatic heterocycles. The van der Waals surface area contributed by atoms with E-state index in [1.165, 1.54) is 24.3 Å². The molecule has 0 fully saturated rings. The van der Waals surface area contributed by atoms with Crippen LogP contribution in [-0.4, -0.2) is 29.4 Å². The highest BCUT2D eigenvalue weighted by Gasteiger charge is 2.19. The van der Waals surface area contributed by atoms with Crippen LogP contribution in [0.1, 0.15) is 44.0 Å². The first-order chi connectivity index (χ1) is 10.3. The van der Waals surface area contributed by atoms with Crippen molar-refractivity contribution in [2.75, 3.05) is 6.54 Å². The van der Waals surface area contributed by atoms with Gasteiger partial charge in [-0.15, -0.1) is 0 Å². The SMILES string of the molecule is CC(C)CC(O)CNC(=O)CC(C)C(=O)c1cccc(F)c1. The van der Waals surface area contributed by atoms with Gasteiger partial charge in [0.1, 0.15) is 5.82 Å². The van der Waals surface area contributed by atoms with Gasteiger partial charge in [0.15, 0.2) is 5.78 Å². The fraction of sp³-hybridized carbons (Fsp3) is 0.529. The number of aliphatic hydroxyl groups excluding tert-OH is 1. The monoisotopic (exact) mass is 309 g/mol. The van der Waals surface area contributed by atoms with Crippen molar-refractivity contribution in [1.29, 1.82) is 0 Å². The summed E-state index contributed by atoms with van der Waals surface area (Å²) < 4.78 is 13.1. The molecule has 0 heterocycles. The number of carbonyl (C=O) groups excluding carboxylic acids is 2. The Morgan fingerprint density at radius 1 is 1.27 bits per heavy atom. The highest BCUT2D eigenvalue weighted by Crippen LogP contribution is 2.13. The number of carbonyl (C=O) groups is 2. The van der Waals surface area contributed by atoms with Crippen LogP contribution in [0.2, 0.25) is 0 Å². The minimum absolute atomic E-state index is 0.0176. The standard InChI is InChI=1S/C17H24FNO3/c1-11(2)7-15(20)10-19-16(21)8-12(3)17(22)13-5-4-6-14(18)9-13/h4-6,9,11-12,15,20H,7-8,10H2,1-3H3,(H,19,21). The summed E-state index contributed by atoms with van der Waals surface area (Å²) in [5, 5.41) is 12.3. The van der Waals surface area contributed by atoms with Crippen LogP contribution in [0.4, 0.5) is 4.39 Å². The van der Waals surface area contributed by atoms with Crippen molar-refractivity contribution >= 4 is 11.7 Å². The fourth-order valence-electron chi connectivity index (χ4n) is 2.23. The number of rotatable bonds is 8. The van der Waals surface area contributed by atoms with Crippen molar-refractivity contribution in [1.82, 2.24) is 5.32 Å². The Morgan fingerprint density at radius 2 is 1.95 bits per heavy atom. The van der Waals surface area contributed by atoms with Crippen LogP contribution in [0, 0.1) is 17.7 Å². The lowest BCUT2D eigenvalue weighted by Crippen LogP contribution is -2.34. The molecular weight excluding hydrogens is 285 g/mol. The second-order valence-corrected chi connectivity index (χ2v) is 6.07. The number of hydrogen-bond donors (Lipinski definition) is 2. The molecule has 2 unspecified atom stereocenters. The highest BCUT2D eigenvalue weighted by molar-refractivity contribution is 5.99. The van der Waals surface area contributed by atoms with Crippen molar-refractivity contribution in [2.24, 2.45) is 11.8 Å². The van der Waals surface area contributed by atoms with Crippen LogP contribution < -0.4 is 5.32 Å². The summed E-state index contributed by atoms with van der Waals surface area (Å²) in [7, 11) is 0. The lowest BCUT2D eigenvalue weighted by atomic mass is 9.96. The van der Waals surface area contributed by atoms with Crippen LogP contribution in [0.3, 0.4) is 0 Å². The van der Waals surface area contributed by atoms with E-state index in [2.05, 4.69) is 5.32 Å². The predicted octanol–water partition coefficient (Wildman–Crippen LogP) is 2.56. The highest BCUT2D eigenvalue weighted by atomic mass is 19.1. The van der Waals surface area contributed by atoms with Crippen molar-refractivity contribution in [2.45, 2.75) is 39.7 Å². The van der Waals surface area contributed by atoms with E-state index in [4.69, 9.17) is 0 Å². The third kappa shape index (κ3) is 6.35. The Balaban J connectivity index is 2.45. The van der Waals surface area contributed by atoms with Gasteiger partial charge < -0.3 is 10.4 Å². The number of nitrogens with one attached hydrogen (secondary N) is 1. The van der Waals surface area contributed by atoms with E-state index in [0.29, 0.717) is 12.3 Å². The number of halogens is 1. The lowest BCUT2D eigenvalue weighted by Gasteiger charge is -2.15. The second kappa shape index (κ2) is 8.63. The van der Waals surface area contributed by atoms with Gasteiger partial charge in [-0.25, -0.2) is 4.39 Å². The molecule has 2 atom stereocenters. The second-order valence-electron chi connectivity index (χ2n) is 6.07. The van der Waals surface area contributed by atoms with E-state index in [-0.39, 0.29) is 30.2 Å². The van der Waals surface area contributed by atoms with Crippen molar-refractivity contribution < 1.29 is 19.1 Å². The van der Waals surface area contributed by atoms with E-state index in [9.17, 15) is 19.1 Å². The molecule has 1 rings (SSSR count). The number of aliphatic hydroxyl groups is 1. The smallest absolute Gasteiger partial charge is 0.220 e. The molecule has 0 saturated heterocycles. The predicted molar refractivity (Wildman–Crippen MR) is 83.0 cm³/mol. The van der Waals surface area contributed by atoms with Crippen molar-refractivity contribution in [3.63, 3.8) is 0 Å². The quantitative estimate of drug-likeness (QED) is 0.725. The van der Waals surface area contributed by atoms with Crippen LogP contribution in [0.15, 0.2) is 24.3 Å². The van der Waals surface area contributed by atoms with Crippen LogP contribution >= 0.6 is 0 Å². The molecule has 1 aromatic carbocycles. The van der Waals surface area contributed by atoms with Gasteiger partial charge in [0.05, 0.1) is 6.10 Å². The first-order valence-electron chi connectivity index (χ1n) is 7.54. The third-order valence-electron chi connectivity index (χ3n) is 3.33. The third-order valence-corrected chi connectivity index (χ3v) is 3.33. The number of benzene rings is 1. The topological polar surface area (TPSA) is 66.4 Å². The van der Waals surface area contributed by atoms with Crippen LogP contribution in [0.25, 0.3) is 0 Å². The summed E-state index contributed by atoms with van der Waals surface area (Å²) in [6.07, 6.45) is 0.0418. The Kier molecular flexibility index (Phi) is 7.18. The zero-order valence-electron chi connectivity index (χ0n) is 13.3. The van der Waals surface area contributed by atoms with E-state index < -0.39 is 17.8 Å². The minimum atomic E-state index is -0.585. The molecule has 0 saturated carbocycles. The summed E-state index contributed by atoms with van der Waals surface area (Å²) in [5.74, 6) is -1.22. The Labute approximate surface area is 130 Å². The molecule has 0 aliphatic rings. The Morgan fingerprint density at radius 3 is 2.55 bits per heavy atom. The van der Waals surface area contributed by atoms with E-state index in [1.807, 2.05) is 13.8 Å². The molecular formula is C17H24FNO3. The lowest BCUT2D eigenvalue weighted by molar-refractivity contribution is -0.122. The molecule has 4 nitrogen and oxygen atoms in total. The van der Waals surface area contributed by atoms with E-state index in [1.54, 1.807) is 6.92 Å². The first kappa shape index (κ1) is 18.3. The van der Waals surface area contributed by atoms with Gasteiger partial charge in [-0.05, 0) is 24.5 Å². The van der Waals surface area contributed by atoms with Gasteiger partial charge in [0.2, 0.25) is 5.91 Å². The number of ketones is 1. The molecule has 1 amide bonds. The number of amides is 1. The molecule has 0 aliphatic carbocycles. The molecule has 0 radical (unpaired) electrons.